The topological polar surface area (TPSA) is 40.5 Å². The van der Waals surface area contributed by atoms with Gasteiger partial charge in [0.15, 0.2) is 0 Å². The van der Waals surface area contributed by atoms with E-state index >= 15 is 0 Å². The van der Waals surface area contributed by atoms with Crippen LogP contribution in [-0.2, 0) is 0 Å². The Labute approximate surface area is 74.6 Å². The highest BCUT2D eigenvalue weighted by molar-refractivity contribution is 4.81. The van der Waals surface area contributed by atoms with Crippen molar-refractivity contribution in [2.75, 3.05) is 0 Å². The van der Waals surface area contributed by atoms with Gasteiger partial charge < -0.3 is 10.2 Å². The Hall–Kier alpha value is -0.0800. The standard InChI is InChI=1S/C10H20O2/c1-2-10(12)7-5-3-4-6-9(11)8-10/h9,11-12H,2-8H2,1H3. The van der Waals surface area contributed by atoms with Crippen LogP contribution in [0, 0.1) is 0 Å². The molecule has 1 rings (SSSR count). The van der Waals surface area contributed by atoms with Gasteiger partial charge in [-0.3, -0.25) is 0 Å². The normalized spacial score (nSPS) is 38.8. The zero-order chi connectivity index (χ0) is 9.03. The summed E-state index contributed by atoms with van der Waals surface area (Å²) in [5.41, 5.74) is -0.583. The molecular formula is C10H20O2. The highest BCUT2D eigenvalue weighted by atomic mass is 16.3. The molecule has 0 aromatic rings. The van der Waals surface area contributed by atoms with Gasteiger partial charge in [0.1, 0.15) is 0 Å². The van der Waals surface area contributed by atoms with Crippen molar-refractivity contribution in [2.24, 2.45) is 0 Å². The molecule has 2 unspecified atom stereocenters. The van der Waals surface area contributed by atoms with Gasteiger partial charge in [-0.05, 0) is 19.3 Å². The summed E-state index contributed by atoms with van der Waals surface area (Å²) in [6.45, 7) is 1.99. The van der Waals surface area contributed by atoms with Crippen molar-refractivity contribution in [3.8, 4) is 0 Å². The molecule has 1 aliphatic rings. The summed E-state index contributed by atoms with van der Waals surface area (Å²) >= 11 is 0. The van der Waals surface area contributed by atoms with Crippen LogP contribution < -0.4 is 0 Å². The molecule has 2 N–H and O–H groups in total. The van der Waals surface area contributed by atoms with Gasteiger partial charge in [-0.25, -0.2) is 0 Å². The Morgan fingerprint density at radius 2 is 2.08 bits per heavy atom. The second-order valence-corrected chi connectivity index (χ2v) is 4.04. The van der Waals surface area contributed by atoms with Crippen molar-refractivity contribution in [3.63, 3.8) is 0 Å². The third-order valence-corrected chi connectivity index (χ3v) is 2.95. The number of hydrogen-bond donors (Lipinski definition) is 2. The van der Waals surface area contributed by atoms with Crippen molar-refractivity contribution in [3.05, 3.63) is 0 Å². The molecule has 0 aromatic heterocycles. The first-order valence-corrected chi connectivity index (χ1v) is 5.07. The fourth-order valence-electron chi connectivity index (χ4n) is 1.97. The molecule has 12 heavy (non-hydrogen) atoms. The Balaban J connectivity index is 2.48. The van der Waals surface area contributed by atoms with Crippen molar-refractivity contribution < 1.29 is 10.2 Å². The zero-order valence-electron chi connectivity index (χ0n) is 7.92. The molecule has 1 saturated carbocycles. The molecule has 72 valence electrons. The molecule has 0 heterocycles. The Morgan fingerprint density at radius 1 is 1.33 bits per heavy atom. The molecule has 0 bridgehead atoms. The molecule has 2 nitrogen and oxygen atoms in total. The van der Waals surface area contributed by atoms with Crippen LogP contribution in [0.25, 0.3) is 0 Å². The van der Waals surface area contributed by atoms with E-state index in [2.05, 4.69) is 0 Å². The Kier molecular flexibility index (Phi) is 3.53. The van der Waals surface area contributed by atoms with E-state index in [1.54, 1.807) is 0 Å². The predicted molar refractivity (Wildman–Crippen MR) is 48.9 cm³/mol. The van der Waals surface area contributed by atoms with Crippen molar-refractivity contribution in [1.82, 2.24) is 0 Å². The summed E-state index contributed by atoms with van der Waals surface area (Å²) in [6, 6.07) is 0. The summed E-state index contributed by atoms with van der Waals surface area (Å²) in [7, 11) is 0. The van der Waals surface area contributed by atoms with Crippen LogP contribution in [0.5, 0.6) is 0 Å². The van der Waals surface area contributed by atoms with Gasteiger partial charge in [0.25, 0.3) is 0 Å². The van der Waals surface area contributed by atoms with Crippen LogP contribution in [0.2, 0.25) is 0 Å². The highest BCUT2D eigenvalue weighted by Gasteiger charge is 2.28. The van der Waals surface area contributed by atoms with Crippen molar-refractivity contribution >= 4 is 0 Å². The van der Waals surface area contributed by atoms with E-state index in [1.807, 2.05) is 6.92 Å². The second-order valence-electron chi connectivity index (χ2n) is 4.04. The largest absolute Gasteiger partial charge is 0.393 e. The molecule has 1 fully saturated rings. The minimum atomic E-state index is -0.583. The lowest BCUT2D eigenvalue weighted by Gasteiger charge is -2.31. The molecule has 2 heteroatoms. The molecular weight excluding hydrogens is 152 g/mol. The lowest BCUT2D eigenvalue weighted by molar-refractivity contribution is -0.0301. The average molecular weight is 172 g/mol. The SMILES string of the molecule is CCC1(O)CCCCCC(O)C1. The number of hydrogen-bond acceptors (Lipinski definition) is 2. The number of aliphatic hydroxyl groups excluding tert-OH is 1. The quantitative estimate of drug-likeness (QED) is 0.633. The fraction of sp³-hybridized carbons (Fsp3) is 1.00. The molecule has 0 aromatic carbocycles. The first-order chi connectivity index (χ1) is 5.66. The minimum absolute atomic E-state index is 0.282. The van der Waals surface area contributed by atoms with Crippen molar-refractivity contribution in [2.45, 2.75) is 63.6 Å². The molecule has 0 aliphatic heterocycles. The third kappa shape index (κ3) is 2.76. The number of aliphatic hydroxyl groups is 2. The zero-order valence-corrected chi connectivity index (χ0v) is 7.92. The van der Waals surface area contributed by atoms with E-state index in [-0.39, 0.29) is 6.10 Å². The Morgan fingerprint density at radius 3 is 2.75 bits per heavy atom. The maximum atomic E-state index is 10.00. The van der Waals surface area contributed by atoms with Crippen molar-refractivity contribution in [1.29, 1.82) is 0 Å². The van der Waals surface area contributed by atoms with Gasteiger partial charge in [0.05, 0.1) is 11.7 Å². The summed E-state index contributed by atoms with van der Waals surface area (Å²) in [4.78, 5) is 0. The summed E-state index contributed by atoms with van der Waals surface area (Å²) in [6.07, 6.45) is 6.16. The summed E-state index contributed by atoms with van der Waals surface area (Å²) in [5.74, 6) is 0. The van der Waals surface area contributed by atoms with E-state index in [4.69, 9.17) is 0 Å². The van der Waals surface area contributed by atoms with Crippen LogP contribution in [0.1, 0.15) is 51.9 Å². The van der Waals surface area contributed by atoms with E-state index < -0.39 is 5.60 Å². The molecule has 2 atom stereocenters. The highest BCUT2D eigenvalue weighted by Crippen LogP contribution is 2.28. The first-order valence-electron chi connectivity index (χ1n) is 5.07. The van der Waals surface area contributed by atoms with Gasteiger partial charge in [-0.1, -0.05) is 26.2 Å². The van der Waals surface area contributed by atoms with E-state index in [0.29, 0.717) is 6.42 Å². The van der Waals surface area contributed by atoms with Gasteiger partial charge in [-0.15, -0.1) is 0 Å². The maximum Gasteiger partial charge on any atom is 0.0669 e. The monoisotopic (exact) mass is 172 g/mol. The summed E-state index contributed by atoms with van der Waals surface area (Å²) in [5, 5.41) is 19.5. The first kappa shape index (κ1) is 10.0. The van der Waals surface area contributed by atoms with Gasteiger partial charge in [0, 0.05) is 6.42 Å². The van der Waals surface area contributed by atoms with Gasteiger partial charge >= 0.3 is 0 Å². The van der Waals surface area contributed by atoms with Crippen LogP contribution in [0.4, 0.5) is 0 Å². The molecule has 0 radical (unpaired) electrons. The van der Waals surface area contributed by atoms with Crippen LogP contribution in [0.3, 0.4) is 0 Å². The Bertz CT molecular complexity index is 136. The fourth-order valence-corrected chi connectivity index (χ4v) is 1.97. The van der Waals surface area contributed by atoms with E-state index in [9.17, 15) is 10.2 Å². The third-order valence-electron chi connectivity index (χ3n) is 2.95. The average Bonchev–Trinajstić information content (AvgIpc) is 2.01. The van der Waals surface area contributed by atoms with Crippen LogP contribution in [-0.4, -0.2) is 21.9 Å². The second kappa shape index (κ2) is 4.24. The molecule has 1 aliphatic carbocycles. The van der Waals surface area contributed by atoms with E-state index in [1.165, 1.54) is 0 Å². The van der Waals surface area contributed by atoms with Gasteiger partial charge in [0.2, 0.25) is 0 Å². The molecule has 0 saturated heterocycles. The van der Waals surface area contributed by atoms with E-state index in [0.717, 1.165) is 38.5 Å². The molecule has 0 spiro atoms. The summed E-state index contributed by atoms with van der Waals surface area (Å²) < 4.78 is 0. The lowest BCUT2D eigenvalue weighted by atomic mass is 9.84. The minimum Gasteiger partial charge on any atom is -0.393 e. The maximum absolute atomic E-state index is 10.00. The number of rotatable bonds is 1. The lowest BCUT2D eigenvalue weighted by Crippen LogP contribution is -2.33. The van der Waals surface area contributed by atoms with Crippen LogP contribution >= 0.6 is 0 Å². The smallest absolute Gasteiger partial charge is 0.0669 e. The van der Waals surface area contributed by atoms with Gasteiger partial charge in [-0.2, -0.15) is 0 Å². The van der Waals surface area contributed by atoms with Crippen LogP contribution in [0.15, 0.2) is 0 Å². The molecule has 0 amide bonds. The predicted octanol–water partition coefficient (Wildman–Crippen LogP) is 1.84.